The molecule has 1 aliphatic heterocycles. The van der Waals surface area contributed by atoms with Crippen LogP contribution in [0.5, 0.6) is 0 Å². The fourth-order valence-electron chi connectivity index (χ4n) is 2.37. The average molecular weight is 272 g/mol. The van der Waals surface area contributed by atoms with Gasteiger partial charge in [-0.3, -0.25) is 9.69 Å². The first-order valence-corrected chi connectivity index (χ1v) is 6.30. The van der Waals surface area contributed by atoms with Crippen molar-refractivity contribution in [3.8, 4) is 0 Å². The molecule has 0 aliphatic carbocycles. The highest BCUT2D eigenvalue weighted by molar-refractivity contribution is 6.30. The van der Waals surface area contributed by atoms with Crippen molar-refractivity contribution >= 4 is 17.6 Å². The van der Waals surface area contributed by atoms with Crippen molar-refractivity contribution in [1.29, 1.82) is 0 Å². The van der Waals surface area contributed by atoms with Gasteiger partial charge in [0.2, 0.25) is 0 Å². The van der Waals surface area contributed by atoms with Crippen LogP contribution in [0.2, 0.25) is 5.02 Å². The van der Waals surface area contributed by atoms with Crippen molar-refractivity contribution in [2.75, 3.05) is 13.1 Å². The Bertz CT molecular complexity index is 453. The number of likely N-dealkylation sites (tertiary alicyclic amines) is 1. The van der Waals surface area contributed by atoms with Gasteiger partial charge in [-0.1, -0.05) is 17.7 Å². The van der Waals surface area contributed by atoms with Gasteiger partial charge < -0.3 is 5.11 Å². The van der Waals surface area contributed by atoms with Crippen LogP contribution < -0.4 is 0 Å². The molecule has 98 valence electrons. The van der Waals surface area contributed by atoms with Crippen LogP contribution in [0.1, 0.15) is 18.4 Å². The van der Waals surface area contributed by atoms with Gasteiger partial charge in [0.25, 0.3) is 0 Å². The summed E-state index contributed by atoms with van der Waals surface area (Å²) in [5.74, 6) is -0.935. The third-order valence-corrected chi connectivity index (χ3v) is 3.51. The summed E-state index contributed by atoms with van der Waals surface area (Å²) in [6.45, 7) is 2.35. The molecule has 3 nitrogen and oxygen atoms in total. The number of carboxylic acid groups (broad SMARTS) is 1. The number of carbonyl (C=O) groups is 1. The van der Waals surface area contributed by atoms with Gasteiger partial charge in [-0.05, 0) is 36.6 Å². The highest BCUT2D eigenvalue weighted by Crippen LogP contribution is 2.23. The maximum absolute atomic E-state index is 13.0. The molecule has 1 unspecified atom stereocenters. The largest absolute Gasteiger partial charge is 0.481 e. The van der Waals surface area contributed by atoms with Gasteiger partial charge in [0.05, 0.1) is 5.02 Å². The Labute approximate surface area is 110 Å². The molecule has 1 aromatic rings. The van der Waals surface area contributed by atoms with Gasteiger partial charge >= 0.3 is 5.97 Å². The molecular weight excluding hydrogens is 257 g/mol. The lowest BCUT2D eigenvalue weighted by Gasteiger charge is -2.15. The molecular formula is C13H15ClFNO2. The first-order chi connectivity index (χ1) is 8.54. The Kier molecular flexibility index (Phi) is 4.19. The summed E-state index contributed by atoms with van der Waals surface area (Å²) in [5.41, 5.74) is 0.956. The molecule has 0 radical (unpaired) electrons. The Morgan fingerprint density at radius 1 is 1.56 bits per heavy atom. The van der Waals surface area contributed by atoms with Gasteiger partial charge in [0, 0.05) is 19.5 Å². The number of hydrogen-bond acceptors (Lipinski definition) is 2. The van der Waals surface area contributed by atoms with Crippen LogP contribution in [0.4, 0.5) is 4.39 Å². The van der Waals surface area contributed by atoms with E-state index in [2.05, 4.69) is 4.90 Å². The van der Waals surface area contributed by atoms with Crippen LogP contribution in [-0.2, 0) is 11.3 Å². The quantitative estimate of drug-likeness (QED) is 0.915. The van der Waals surface area contributed by atoms with Crippen molar-refractivity contribution in [2.24, 2.45) is 5.92 Å². The zero-order valence-corrected chi connectivity index (χ0v) is 10.7. The predicted molar refractivity (Wildman–Crippen MR) is 67.0 cm³/mol. The van der Waals surface area contributed by atoms with Crippen molar-refractivity contribution in [3.05, 3.63) is 34.6 Å². The minimum absolute atomic E-state index is 0.133. The zero-order valence-electron chi connectivity index (χ0n) is 9.90. The molecule has 1 N–H and O–H groups in total. The zero-order chi connectivity index (χ0) is 13.1. The maximum Gasteiger partial charge on any atom is 0.303 e. The van der Waals surface area contributed by atoms with E-state index in [9.17, 15) is 9.18 Å². The monoisotopic (exact) mass is 271 g/mol. The lowest BCUT2D eigenvalue weighted by Crippen LogP contribution is -2.20. The molecule has 0 saturated carbocycles. The summed E-state index contributed by atoms with van der Waals surface area (Å²) in [6.07, 6.45) is 1.13. The van der Waals surface area contributed by atoms with Crippen molar-refractivity contribution < 1.29 is 14.3 Å². The molecule has 0 spiro atoms. The number of rotatable bonds is 4. The molecule has 2 rings (SSSR count). The van der Waals surface area contributed by atoms with Gasteiger partial charge in [0.1, 0.15) is 5.82 Å². The van der Waals surface area contributed by atoms with E-state index in [4.69, 9.17) is 16.7 Å². The molecule has 1 aromatic carbocycles. The lowest BCUT2D eigenvalue weighted by molar-refractivity contribution is -0.138. The standard InChI is InChI=1S/C13H15ClFNO2/c14-11-5-9(1-2-12(11)15)7-16-4-3-10(8-16)6-13(17)18/h1-2,5,10H,3-4,6-8H2,(H,17,18). The Morgan fingerprint density at radius 2 is 2.33 bits per heavy atom. The van der Waals surface area contributed by atoms with Crippen LogP contribution in [-0.4, -0.2) is 29.1 Å². The van der Waals surface area contributed by atoms with Gasteiger partial charge in [-0.15, -0.1) is 0 Å². The topological polar surface area (TPSA) is 40.5 Å². The van der Waals surface area contributed by atoms with Crippen LogP contribution >= 0.6 is 11.6 Å². The highest BCUT2D eigenvalue weighted by Gasteiger charge is 2.24. The summed E-state index contributed by atoms with van der Waals surface area (Å²) in [7, 11) is 0. The minimum atomic E-state index is -0.744. The first kappa shape index (κ1) is 13.3. The molecule has 1 aliphatic rings. The molecule has 0 amide bonds. The molecule has 0 bridgehead atoms. The number of hydrogen-bond donors (Lipinski definition) is 1. The Hall–Kier alpha value is -1.13. The second-order valence-corrected chi connectivity index (χ2v) is 5.14. The van der Waals surface area contributed by atoms with E-state index in [-0.39, 0.29) is 17.4 Å². The fourth-order valence-corrected chi connectivity index (χ4v) is 2.57. The van der Waals surface area contributed by atoms with E-state index in [1.54, 1.807) is 12.1 Å². The third-order valence-electron chi connectivity index (χ3n) is 3.22. The lowest BCUT2D eigenvalue weighted by atomic mass is 10.1. The van der Waals surface area contributed by atoms with Crippen LogP contribution in [0.3, 0.4) is 0 Å². The number of benzene rings is 1. The van der Waals surface area contributed by atoms with E-state index in [1.807, 2.05) is 0 Å². The number of halogens is 2. The minimum Gasteiger partial charge on any atom is -0.481 e. The molecule has 5 heteroatoms. The van der Waals surface area contributed by atoms with Gasteiger partial charge in [-0.2, -0.15) is 0 Å². The Balaban J connectivity index is 1.91. The summed E-state index contributed by atoms with van der Waals surface area (Å²) in [6, 6.07) is 4.70. The second kappa shape index (κ2) is 5.67. The van der Waals surface area contributed by atoms with E-state index in [0.717, 1.165) is 25.1 Å². The van der Waals surface area contributed by atoms with Crippen molar-refractivity contribution in [1.82, 2.24) is 4.90 Å². The normalized spacial score (nSPS) is 20.2. The SMILES string of the molecule is O=C(O)CC1CCN(Cc2ccc(F)c(Cl)c2)C1. The number of nitrogens with zero attached hydrogens (tertiary/aromatic N) is 1. The van der Waals surface area contributed by atoms with Crippen molar-refractivity contribution in [2.45, 2.75) is 19.4 Å². The van der Waals surface area contributed by atoms with E-state index >= 15 is 0 Å². The molecule has 0 aromatic heterocycles. The summed E-state index contributed by atoms with van der Waals surface area (Å²) < 4.78 is 13.0. The Morgan fingerprint density at radius 3 is 3.00 bits per heavy atom. The number of carboxylic acids is 1. The molecule has 1 saturated heterocycles. The molecule has 18 heavy (non-hydrogen) atoms. The summed E-state index contributed by atoms with van der Waals surface area (Å²) >= 11 is 5.73. The average Bonchev–Trinajstić information content (AvgIpc) is 2.70. The fraction of sp³-hybridized carbons (Fsp3) is 0.462. The van der Waals surface area contributed by atoms with Crippen LogP contribution in [0.25, 0.3) is 0 Å². The first-order valence-electron chi connectivity index (χ1n) is 5.92. The summed E-state index contributed by atoms with van der Waals surface area (Å²) in [4.78, 5) is 12.8. The molecule has 1 atom stereocenters. The van der Waals surface area contributed by atoms with Crippen LogP contribution in [0.15, 0.2) is 18.2 Å². The van der Waals surface area contributed by atoms with Crippen molar-refractivity contribution in [3.63, 3.8) is 0 Å². The highest BCUT2D eigenvalue weighted by atomic mass is 35.5. The van der Waals surface area contributed by atoms with Gasteiger partial charge in [0.15, 0.2) is 0 Å². The predicted octanol–water partition coefficient (Wildman–Crippen LogP) is 2.78. The van der Waals surface area contributed by atoms with E-state index < -0.39 is 11.8 Å². The smallest absolute Gasteiger partial charge is 0.303 e. The third kappa shape index (κ3) is 3.43. The maximum atomic E-state index is 13.0. The molecule has 1 heterocycles. The van der Waals surface area contributed by atoms with Crippen LogP contribution in [0, 0.1) is 11.7 Å². The van der Waals surface area contributed by atoms with E-state index in [1.165, 1.54) is 6.07 Å². The summed E-state index contributed by atoms with van der Waals surface area (Å²) in [5, 5.41) is 8.87. The second-order valence-electron chi connectivity index (χ2n) is 4.74. The molecule has 1 fully saturated rings. The number of aliphatic carboxylic acids is 1. The van der Waals surface area contributed by atoms with E-state index in [0.29, 0.717) is 6.54 Å². The van der Waals surface area contributed by atoms with Gasteiger partial charge in [-0.25, -0.2) is 4.39 Å².